The molecule has 1 aliphatic rings. The van der Waals surface area contributed by atoms with Gasteiger partial charge in [-0.25, -0.2) is 0 Å². The molecule has 0 spiro atoms. The van der Waals surface area contributed by atoms with Crippen molar-refractivity contribution >= 4 is 0 Å². The van der Waals surface area contributed by atoms with Crippen molar-refractivity contribution in [3.63, 3.8) is 0 Å². The number of hydrogen-bond donors (Lipinski definition) is 1. The van der Waals surface area contributed by atoms with E-state index in [2.05, 4.69) is 19.0 Å². The Hall–Kier alpha value is -0.800. The van der Waals surface area contributed by atoms with Gasteiger partial charge in [0, 0.05) is 11.6 Å². The van der Waals surface area contributed by atoms with Crippen LogP contribution in [0.1, 0.15) is 31.2 Å². The van der Waals surface area contributed by atoms with Crippen molar-refractivity contribution in [3.05, 3.63) is 24.2 Å². The van der Waals surface area contributed by atoms with Crippen LogP contribution in [0.25, 0.3) is 0 Å². The van der Waals surface area contributed by atoms with Crippen molar-refractivity contribution in [2.45, 2.75) is 43.7 Å². The van der Waals surface area contributed by atoms with Gasteiger partial charge in [0.25, 0.3) is 0 Å². The molecule has 0 bridgehead atoms. The summed E-state index contributed by atoms with van der Waals surface area (Å²) in [5.74, 6) is 0. The van der Waals surface area contributed by atoms with E-state index in [1.807, 2.05) is 6.07 Å². The van der Waals surface area contributed by atoms with E-state index in [1.54, 1.807) is 12.5 Å². The Morgan fingerprint density at radius 3 is 2.62 bits per heavy atom. The van der Waals surface area contributed by atoms with E-state index < -0.39 is 0 Å². The zero-order valence-corrected chi connectivity index (χ0v) is 10.3. The van der Waals surface area contributed by atoms with Gasteiger partial charge in [-0.1, -0.05) is 12.8 Å². The van der Waals surface area contributed by atoms with Crippen molar-refractivity contribution in [2.24, 2.45) is 5.73 Å². The third-order valence-corrected chi connectivity index (χ3v) is 4.09. The highest BCUT2D eigenvalue weighted by Crippen LogP contribution is 2.36. The van der Waals surface area contributed by atoms with Crippen LogP contribution in [0.4, 0.5) is 0 Å². The van der Waals surface area contributed by atoms with Crippen molar-refractivity contribution in [2.75, 3.05) is 14.1 Å². The summed E-state index contributed by atoms with van der Waals surface area (Å²) in [7, 11) is 4.31. The van der Waals surface area contributed by atoms with Crippen LogP contribution in [0, 0.1) is 0 Å². The minimum absolute atomic E-state index is 0.192. The Morgan fingerprint density at radius 1 is 1.44 bits per heavy atom. The topological polar surface area (TPSA) is 42.4 Å². The first-order chi connectivity index (χ1) is 7.65. The predicted octanol–water partition coefficient (Wildman–Crippen LogP) is 2.02. The van der Waals surface area contributed by atoms with Crippen molar-refractivity contribution < 1.29 is 4.42 Å². The monoisotopic (exact) mass is 222 g/mol. The molecule has 1 saturated carbocycles. The van der Waals surface area contributed by atoms with Gasteiger partial charge in [-0.05, 0) is 45.0 Å². The number of nitrogens with zero attached hydrogens (tertiary/aromatic N) is 1. The molecule has 0 radical (unpaired) electrons. The molecular formula is C13H22N2O. The van der Waals surface area contributed by atoms with Crippen LogP contribution in [0.2, 0.25) is 0 Å². The third-order valence-electron chi connectivity index (χ3n) is 4.09. The average molecular weight is 222 g/mol. The molecule has 1 atom stereocenters. The largest absolute Gasteiger partial charge is 0.472 e. The number of hydrogen-bond acceptors (Lipinski definition) is 3. The Bertz CT molecular complexity index is 313. The van der Waals surface area contributed by atoms with Crippen LogP contribution in [0.3, 0.4) is 0 Å². The number of furan rings is 1. The molecule has 1 heterocycles. The van der Waals surface area contributed by atoms with Gasteiger partial charge >= 0.3 is 0 Å². The predicted molar refractivity (Wildman–Crippen MR) is 65.3 cm³/mol. The molecule has 1 aliphatic carbocycles. The Kier molecular flexibility index (Phi) is 3.36. The van der Waals surface area contributed by atoms with E-state index in [1.165, 1.54) is 31.2 Å². The maximum atomic E-state index is 6.42. The van der Waals surface area contributed by atoms with Crippen LogP contribution in [-0.2, 0) is 6.42 Å². The van der Waals surface area contributed by atoms with Gasteiger partial charge in [0.2, 0.25) is 0 Å². The molecule has 0 aliphatic heterocycles. The van der Waals surface area contributed by atoms with Crippen molar-refractivity contribution in [1.29, 1.82) is 0 Å². The normalized spacial score (nSPS) is 21.5. The summed E-state index contributed by atoms with van der Waals surface area (Å²) in [4.78, 5) is 2.32. The quantitative estimate of drug-likeness (QED) is 0.847. The fraction of sp³-hybridized carbons (Fsp3) is 0.692. The standard InChI is InChI=1S/C13H22N2O/c1-15(2)13(6-3-4-7-13)12(14)9-11-5-8-16-10-11/h5,8,10,12H,3-4,6-7,9,14H2,1-2H3. The molecule has 1 aromatic heterocycles. The van der Waals surface area contributed by atoms with E-state index in [-0.39, 0.29) is 11.6 Å². The molecule has 3 heteroatoms. The summed E-state index contributed by atoms with van der Waals surface area (Å²) in [5.41, 5.74) is 7.82. The maximum Gasteiger partial charge on any atom is 0.0935 e. The van der Waals surface area contributed by atoms with E-state index in [0.29, 0.717) is 0 Å². The summed E-state index contributed by atoms with van der Waals surface area (Å²) in [6, 6.07) is 2.21. The Morgan fingerprint density at radius 2 is 2.12 bits per heavy atom. The van der Waals surface area contributed by atoms with Crippen LogP contribution in [0.5, 0.6) is 0 Å². The van der Waals surface area contributed by atoms with Gasteiger partial charge in [0.15, 0.2) is 0 Å². The van der Waals surface area contributed by atoms with Gasteiger partial charge in [-0.15, -0.1) is 0 Å². The second-order valence-electron chi connectivity index (χ2n) is 5.15. The Balaban J connectivity index is 2.08. The average Bonchev–Trinajstić information content (AvgIpc) is 2.87. The van der Waals surface area contributed by atoms with Crippen LogP contribution in [0.15, 0.2) is 23.0 Å². The molecule has 90 valence electrons. The SMILES string of the molecule is CN(C)C1(C(N)Cc2ccoc2)CCCC1. The lowest BCUT2D eigenvalue weighted by atomic mass is 9.84. The summed E-state index contributed by atoms with van der Waals surface area (Å²) < 4.78 is 5.10. The number of likely N-dealkylation sites (N-methyl/N-ethyl adjacent to an activating group) is 1. The summed E-state index contributed by atoms with van der Waals surface area (Å²) in [5, 5.41) is 0. The highest BCUT2D eigenvalue weighted by atomic mass is 16.3. The molecule has 2 rings (SSSR count). The van der Waals surface area contributed by atoms with E-state index in [4.69, 9.17) is 10.2 Å². The maximum absolute atomic E-state index is 6.42. The molecule has 3 nitrogen and oxygen atoms in total. The number of nitrogens with two attached hydrogens (primary N) is 1. The van der Waals surface area contributed by atoms with Crippen molar-refractivity contribution in [3.8, 4) is 0 Å². The summed E-state index contributed by atoms with van der Waals surface area (Å²) in [6.07, 6.45) is 9.48. The third kappa shape index (κ3) is 2.02. The van der Waals surface area contributed by atoms with E-state index in [9.17, 15) is 0 Å². The van der Waals surface area contributed by atoms with Crippen LogP contribution in [-0.4, -0.2) is 30.6 Å². The lowest BCUT2D eigenvalue weighted by molar-refractivity contribution is 0.123. The van der Waals surface area contributed by atoms with E-state index >= 15 is 0 Å². The van der Waals surface area contributed by atoms with Crippen LogP contribution >= 0.6 is 0 Å². The molecule has 2 N–H and O–H groups in total. The minimum Gasteiger partial charge on any atom is -0.472 e. The van der Waals surface area contributed by atoms with Gasteiger partial charge in [-0.2, -0.15) is 0 Å². The molecule has 1 aromatic rings. The lowest BCUT2D eigenvalue weighted by Gasteiger charge is -2.41. The van der Waals surface area contributed by atoms with Gasteiger partial charge in [0.1, 0.15) is 0 Å². The van der Waals surface area contributed by atoms with Crippen LogP contribution < -0.4 is 5.73 Å². The summed E-state index contributed by atoms with van der Waals surface area (Å²) >= 11 is 0. The highest BCUT2D eigenvalue weighted by molar-refractivity contribution is 5.12. The first-order valence-corrected chi connectivity index (χ1v) is 6.09. The lowest BCUT2D eigenvalue weighted by Crippen LogP contribution is -2.56. The number of rotatable bonds is 4. The molecule has 1 fully saturated rings. The van der Waals surface area contributed by atoms with Gasteiger partial charge < -0.3 is 15.1 Å². The second kappa shape index (κ2) is 4.60. The van der Waals surface area contributed by atoms with E-state index in [0.717, 1.165) is 6.42 Å². The fourth-order valence-corrected chi connectivity index (χ4v) is 2.99. The molecule has 0 amide bonds. The first kappa shape index (κ1) is 11.7. The molecular weight excluding hydrogens is 200 g/mol. The Labute approximate surface area is 97.6 Å². The molecule has 1 unspecified atom stereocenters. The zero-order valence-electron chi connectivity index (χ0n) is 10.3. The molecule has 0 aromatic carbocycles. The zero-order chi connectivity index (χ0) is 11.6. The highest BCUT2D eigenvalue weighted by Gasteiger charge is 2.41. The van der Waals surface area contributed by atoms with Crippen molar-refractivity contribution in [1.82, 2.24) is 4.90 Å². The van der Waals surface area contributed by atoms with Gasteiger partial charge in [-0.3, -0.25) is 0 Å². The smallest absolute Gasteiger partial charge is 0.0935 e. The summed E-state index contributed by atoms with van der Waals surface area (Å²) in [6.45, 7) is 0. The molecule has 0 saturated heterocycles. The first-order valence-electron chi connectivity index (χ1n) is 6.09. The molecule has 16 heavy (non-hydrogen) atoms. The van der Waals surface area contributed by atoms with Gasteiger partial charge in [0.05, 0.1) is 12.5 Å². The minimum atomic E-state index is 0.192. The fourth-order valence-electron chi connectivity index (χ4n) is 2.99. The second-order valence-corrected chi connectivity index (χ2v) is 5.15.